The molecule has 0 amide bonds. The van der Waals surface area contributed by atoms with Crippen molar-refractivity contribution >= 4 is 21.8 Å². The average Bonchev–Trinajstić information content (AvgIpc) is 2.39. The molecule has 1 fully saturated rings. The fourth-order valence-corrected chi connectivity index (χ4v) is 5.10. The molecule has 0 saturated carbocycles. The summed E-state index contributed by atoms with van der Waals surface area (Å²) in [5.74, 6) is 0.817. The molecule has 102 valence electrons. The quantitative estimate of drug-likeness (QED) is 0.837. The summed E-state index contributed by atoms with van der Waals surface area (Å²) in [6.45, 7) is 4.86. The summed E-state index contributed by atoms with van der Waals surface area (Å²) in [5.41, 5.74) is 1.06. The zero-order valence-corrected chi connectivity index (χ0v) is 12.6. The Morgan fingerprint density at radius 3 is 2.84 bits per heavy atom. The van der Waals surface area contributed by atoms with Crippen LogP contribution in [0, 0.1) is 18.3 Å². The predicted molar refractivity (Wildman–Crippen MR) is 76.6 cm³/mol. The van der Waals surface area contributed by atoms with Crippen LogP contribution in [0.4, 0.5) is 0 Å². The van der Waals surface area contributed by atoms with E-state index in [2.05, 4.69) is 0 Å². The summed E-state index contributed by atoms with van der Waals surface area (Å²) in [4.78, 5) is 0.255. The molecule has 1 aliphatic rings. The van der Waals surface area contributed by atoms with E-state index >= 15 is 0 Å². The van der Waals surface area contributed by atoms with Crippen molar-refractivity contribution in [2.75, 3.05) is 18.8 Å². The smallest absolute Gasteiger partial charge is 0.207 e. The van der Waals surface area contributed by atoms with Crippen LogP contribution in [0.25, 0.3) is 0 Å². The molecule has 0 N–H and O–H groups in total. The minimum Gasteiger partial charge on any atom is -0.207 e. The van der Waals surface area contributed by atoms with E-state index in [0.29, 0.717) is 29.5 Å². The second-order valence-corrected chi connectivity index (χ2v) is 8.09. The van der Waals surface area contributed by atoms with Gasteiger partial charge in [0.05, 0.1) is 16.5 Å². The third-order valence-corrected chi connectivity index (χ3v) is 6.28. The second kappa shape index (κ2) is 5.53. The van der Waals surface area contributed by atoms with E-state index in [1.54, 1.807) is 30.8 Å². The highest BCUT2D eigenvalue weighted by Gasteiger charge is 2.30. The third kappa shape index (κ3) is 2.94. The number of hydrogen-bond acceptors (Lipinski definition) is 4. The zero-order valence-electron chi connectivity index (χ0n) is 11.0. The maximum absolute atomic E-state index is 12.6. The van der Waals surface area contributed by atoms with Gasteiger partial charge in [-0.05, 0) is 24.6 Å². The summed E-state index contributed by atoms with van der Waals surface area (Å²) in [7, 11) is -3.49. The van der Waals surface area contributed by atoms with Crippen LogP contribution < -0.4 is 0 Å². The lowest BCUT2D eigenvalue weighted by atomic mass is 10.2. The van der Waals surface area contributed by atoms with Gasteiger partial charge in [-0.2, -0.15) is 21.3 Å². The van der Waals surface area contributed by atoms with Crippen molar-refractivity contribution in [1.29, 1.82) is 5.26 Å². The molecule has 0 radical (unpaired) electrons. The highest BCUT2D eigenvalue weighted by molar-refractivity contribution is 8.00. The molecular weight excluding hydrogens is 280 g/mol. The maximum Gasteiger partial charge on any atom is 0.243 e. The highest BCUT2D eigenvalue weighted by atomic mass is 32.2. The van der Waals surface area contributed by atoms with Crippen LogP contribution >= 0.6 is 11.8 Å². The van der Waals surface area contributed by atoms with Crippen LogP contribution in [0.1, 0.15) is 18.1 Å². The first-order valence-corrected chi connectivity index (χ1v) is 8.56. The molecule has 1 heterocycles. The normalized spacial score (nSPS) is 21.0. The summed E-state index contributed by atoms with van der Waals surface area (Å²) in [6.07, 6.45) is 0. The minimum atomic E-state index is -3.49. The molecule has 4 nitrogen and oxygen atoms in total. The maximum atomic E-state index is 12.6. The first-order valence-electron chi connectivity index (χ1n) is 6.07. The van der Waals surface area contributed by atoms with Gasteiger partial charge in [-0.15, -0.1) is 0 Å². The molecule has 19 heavy (non-hydrogen) atoms. The Morgan fingerprint density at radius 1 is 1.47 bits per heavy atom. The molecule has 1 aromatic carbocycles. The van der Waals surface area contributed by atoms with E-state index in [4.69, 9.17) is 5.26 Å². The molecule has 0 bridgehead atoms. The fourth-order valence-electron chi connectivity index (χ4n) is 2.09. The van der Waals surface area contributed by atoms with Gasteiger partial charge in [-0.1, -0.05) is 13.0 Å². The van der Waals surface area contributed by atoms with E-state index in [9.17, 15) is 8.42 Å². The Balaban J connectivity index is 2.42. The average molecular weight is 296 g/mol. The second-order valence-electron chi connectivity index (χ2n) is 4.64. The number of rotatable bonds is 2. The SMILES string of the molecule is Cc1ccc(C#N)cc1S(=O)(=O)N1CCSC(C)C1. The van der Waals surface area contributed by atoms with Crippen LogP contribution in [-0.4, -0.2) is 36.8 Å². The van der Waals surface area contributed by atoms with Gasteiger partial charge in [-0.3, -0.25) is 0 Å². The lowest BCUT2D eigenvalue weighted by molar-refractivity contribution is 0.424. The fraction of sp³-hybridized carbons (Fsp3) is 0.462. The van der Waals surface area contributed by atoms with E-state index in [1.807, 2.05) is 13.0 Å². The Hall–Kier alpha value is -1.03. The van der Waals surface area contributed by atoms with Gasteiger partial charge in [0.15, 0.2) is 0 Å². The van der Waals surface area contributed by atoms with Crippen LogP contribution in [-0.2, 0) is 10.0 Å². The standard InChI is InChI=1S/C13H16N2O2S2/c1-10-3-4-12(8-14)7-13(10)19(16,17)15-5-6-18-11(2)9-15/h3-4,7,11H,5-6,9H2,1-2H3. The molecule has 1 atom stereocenters. The van der Waals surface area contributed by atoms with Gasteiger partial charge >= 0.3 is 0 Å². The van der Waals surface area contributed by atoms with Crippen LogP contribution in [0.15, 0.2) is 23.1 Å². The molecule has 0 aromatic heterocycles. The van der Waals surface area contributed by atoms with Crippen molar-refractivity contribution in [3.8, 4) is 6.07 Å². The molecule has 2 rings (SSSR count). The molecule has 1 aromatic rings. The molecular formula is C13H16N2O2S2. The Morgan fingerprint density at radius 2 is 2.21 bits per heavy atom. The van der Waals surface area contributed by atoms with E-state index in [1.165, 1.54) is 10.4 Å². The van der Waals surface area contributed by atoms with E-state index in [0.717, 1.165) is 5.75 Å². The highest BCUT2D eigenvalue weighted by Crippen LogP contribution is 2.26. The monoisotopic (exact) mass is 296 g/mol. The number of thioether (sulfide) groups is 1. The van der Waals surface area contributed by atoms with Gasteiger partial charge in [0.2, 0.25) is 10.0 Å². The minimum absolute atomic E-state index is 0.255. The number of aryl methyl sites for hydroxylation is 1. The largest absolute Gasteiger partial charge is 0.243 e. The number of hydrogen-bond donors (Lipinski definition) is 0. The first-order chi connectivity index (χ1) is 8.95. The molecule has 1 unspecified atom stereocenters. The van der Waals surface area contributed by atoms with Crippen molar-refractivity contribution in [2.45, 2.75) is 24.0 Å². The van der Waals surface area contributed by atoms with E-state index in [-0.39, 0.29) is 4.90 Å². The van der Waals surface area contributed by atoms with E-state index < -0.39 is 10.0 Å². The number of nitriles is 1. The Labute approximate surface area is 118 Å². The third-order valence-electron chi connectivity index (χ3n) is 3.14. The molecule has 1 aliphatic heterocycles. The van der Waals surface area contributed by atoms with Crippen LogP contribution in [0.5, 0.6) is 0 Å². The van der Waals surface area contributed by atoms with Gasteiger partial charge in [-0.25, -0.2) is 8.42 Å². The van der Waals surface area contributed by atoms with Crippen molar-refractivity contribution in [3.63, 3.8) is 0 Å². The molecule has 0 spiro atoms. The number of sulfonamides is 1. The van der Waals surface area contributed by atoms with Gasteiger partial charge in [0.1, 0.15) is 0 Å². The first kappa shape index (κ1) is 14.4. The summed E-state index contributed by atoms with van der Waals surface area (Å²) >= 11 is 1.79. The van der Waals surface area contributed by atoms with Crippen molar-refractivity contribution in [3.05, 3.63) is 29.3 Å². The van der Waals surface area contributed by atoms with Crippen LogP contribution in [0.3, 0.4) is 0 Å². The molecule has 6 heteroatoms. The Bertz CT molecular complexity index is 620. The van der Waals surface area contributed by atoms with Crippen molar-refractivity contribution < 1.29 is 8.42 Å². The van der Waals surface area contributed by atoms with Crippen LogP contribution in [0.2, 0.25) is 0 Å². The Kier molecular flexibility index (Phi) is 4.19. The van der Waals surface area contributed by atoms with Crippen molar-refractivity contribution in [2.24, 2.45) is 0 Å². The number of benzene rings is 1. The van der Waals surface area contributed by atoms with Gasteiger partial charge < -0.3 is 0 Å². The van der Waals surface area contributed by atoms with Gasteiger partial charge in [0, 0.05) is 24.1 Å². The van der Waals surface area contributed by atoms with Gasteiger partial charge in [0.25, 0.3) is 0 Å². The molecule has 0 aliphatic carbocycles. The lowest BCUT2D eigenvalue weighted by Crippen LogP contribution is -2.41. The zero-order chi connectivity index (χ0) is 14.0. The molecule has 1 saturated heterocycles. The topological polar surface area (TPSA) is 61.2 Å². The number of nitrogens with zero attached hydrogens (tertiary/aromatic N) is 2. The summed E-state index contributed by atoms with van der Waals surface area (Å²) in [5, 5.41) is 9.22. The summed E-state index contributed by atoms with van der Waals surface area (Å²) < 4.78 is 26.8. The summed E-state index contributed by atoms with van der Waals surface area (Å²) in [6, 6.07) is 6.79. The lowest BCUT2D eigenvalue weighted by Gasteiger charge is -2.30. The van der Waals surface area contributed by atoms with Crippen molar-refractivity contribution in [1.82, 2.24) is 4.31 Å². The predicted octanol–water partition coefficient (Wildman–Crippen LogP) is 1.99.